The van der Waals surface area contributed by atoms with Gasteiger partial charge in [0, 0.05) is 18.3 Å². The van der Waals surface area contributed by atoms with Crippen LogP contribution in [0.3, 0.4) is 0 Å². The summed E-state index contributed by atoms with van der Waals surface area (Å²) in [6.45, 7) is 1.02. The van der Waals surface area contributed by atoms with E-state index in [2.05, 4.69) is 4.18 Å². The first kappa shape index (κ1) is 15.1. The summed E-state index contributed by atoms with van der Waals surface area (Å²) in [5, 5.41) is 0. The van der Waals surface area contributed by atoms with Gasteiger partial charge in [0.1, 0.15) is 5.76 Å². The third kappa shape index (κ3) is 2.55. The van der Waals surface area contributed by atoms with Gasteiger partial charge in [0.2, 0.25) is 0 Å². The summed E-state index contributed by atoms with van der Waals surface area (Å²) in [6, 6.07) is 0. The van der Waals surface area contributed by atoms with Crippen molar-refractivity contribution >= 4 is 10.1 Å². The quantitative estimate of drug-likeness (QED) is 0.575. The molecule has 1 heterocycles. The molecule has 0 amide bonds. The SMILES string of the molecule is O=S(=O)(OC1=CCC2CC1CCC21OCCO1)C(F)(F)F. The van der Waals surface area contributed by atoms with Crippen molar-refractivity contribution in [3.05, 3.63) is 11.8 Å². The lowest BCUT2D eigenvalue weighted by atomic mass is 9.71. The maximum Gasteiger partial charge on any atom is 0.534 e. The van der Waals surface area contributed by atoms with Crippen LogP contribution in [0.5, 0.6) is 0 Å². The van der Waals surface area contributed by atoms with Crippen molar-refractivity contribution in [1.82, 2.24) is 0 Å². The summed E-state index contributed by atoms with van der Waals surface area (Å²) in [6.07, 6.45) is 3.34. The number of halogens is 3. The lowest BCUT2D eigenvalue weighted by molar-refractivity contribution is -0.219. The maximum atomic E-state index is 12.4. The Balaban J connectivity index is 1.76. The van der Waals surface area contributed by atoms with Gasteiger partial charge in [0.05, 0.1) is 13.2 Å². The molecule has 0 aromatic rings. The number of alkyl halides is 3. The Labute approximate surface area is 120 Å². The van der Waals surface area contributed by atoms with Gasteiger partial charge in [-0.2, -0.15) is 21.6 Å². The highest BCUT2D eigenvalue weighted by molar-refractivity contribution is 7.87. The predicted molar refractivity (Wildman–Crippen MR) is 64.2 cm³/mol. The van der Waals surface area contributed by atoms with E-state index in [0.717, 1.165) is 0 Å². The van der Waals surface area contributed by atoms with E-state index in [4.69, 9.17) is 9.47 Å². The lowest BCUT2D eigenvalue weighted by Gasteiger charge is -2.44. The molecule has 0 aromatic heterocycles. The molecule has 0 radical (unpaired) electrons. The van der Waals surface area contributed by atoms with Gasteiger partial charge in [-0.3, -0.25) is 0 Å². The van der Waals surface area contributed by atoms with Crippen molar-refractivity contribution in [2.45, 2.75) is 37.0 Å². The smallest absolute Gasteiger partial charge is 0.381 e. The van der Waals surface area contributed by atoms with E-state index >= 15 is 0 Å². The summed E-state index contributed by atoms with van der Waals surface area (Å²) in [7, 11) is -5.59. The second-order valence-corrected chi connectivity index (χ2v) is 7.04. The van der Waals surface area contributed by atoms with E-state index in [0.29, 0.717) is 38.9 Å². The van der Waals surface area contributed by atoms with Crippen molar-refractivity contribution in [2.24, 2.45) is 11.8 Å². The van der Waals surface area contributed by atoms with Gasteiger partial charge in [-0.15, -0.1) is 0 Å². The standard InChI is InChI=1S/C12H15F3O5S/c13-12(14,15)21(16,17)20-10-2-1-9-7-8(10)3-4-11(9)18-5-6-19-11/h2,8-9H,1,3-7H2. The van der Waals surface area contributed by atoms with E-state index in [1.54, 1.807) is 0 Å². The average Bonchev–Trinajstić information content (AvgIpc) is 2.85. The van der Waals surface area contributed by atoms with Gasteiger partial charge in [-0.25, -0.2) is 0 Å². The fourth-order valence-corrected chi connectivity index (χ4v) is 3.86. The molecule has 3 aliphatic rings. The van der Waals surface area contributed by atoms with E-state index in [-0.39, 0.29) is 17.6 Å². The summed E-state index contributed by atoms with van der Waals surface area (Å²) in [5.41, 5.74) is -5.40. The summed E-state index contributed by atoms with van der Waals surface area (Å²) >= 11 is 0. The minimum Gasteiger partial charge on any atom is -0.381 e. The molecule has 1 saturated heterocycles. The Kier molecular flexibility index (Phi) is 3.49. The first-order valence-corrected chi connectivity index (χ1v) is 8.13. The molecule has 1 spiro atoms. The van der Waals surface area contributed by atoms with Crippen LogP contribution < -0.4 is 0 Å². The zero-order chi connectivity index (χ0) is 15.3. The van der Waals surface area contributed by atoms with Crippen LogP contribution in [0.15, 0.2) is 11.8 Å². The second kappa shape index (κ2) is 4.85. The molecule has 0 N–H and O–H groups in total. The zero-order valence-corrected chi connectivity index (χ0v) is 11.9. The molecule has 2 fully saturated rings. The first-order chi connectivity index (χ1) is 9.74. The molecule has 1 aliphatic heterocycles. The molecule has 2 unspecified atom stereocenters. The second-order valence-electron chi connectivity index (χ2n) is 5.50. The highest BCUT2D eigenvalue weighted by Crippen LogP contribution is 2.50. The molecule has 3 rings (SSSR count). The molecule has 2 aliphatic carbocycles. The van der Waals surface area contributed by atoms with Crippen LogP contribution >= 0.6 is 0 Å². The largest absolute Gasteiger partial charge is 0.534 e. The molecule has 1 saturated carbocycles. The fraction of sp³-hybridized carbons (Fsp3) is 0.833. The minimum absolute atomic E-state index is 0.0275. The monoisotopic (exact) mass is 328 g/mol. The van der Waals surface area contributed by atoms with Crippen molar-refractivity contribution in [1.29, 1.82) is 0 Å². The third-order valence-electron chi connectivity index (χ3n) is 4.30. The van der Waals surface area contributed by atoms with Gasteiger partial charge in [0.15, 0.2) is 5.79 Å². The molecule has 2 atom stereocenters. The maximum absolute atomic E-state index is 12.4. The first-order valence-electron chi connectivity index (χ1n) is 6.72. The average molecular weight is 328 g/mol. The van der Waals surface area contributed by atoms with Crippen LogP contribution in [-0.2, 0) is 23.8 Å². The van der Waals surface area contributed by atoms with Crippen molar-refractivity contribution in [2.75, 3.05) is 13.2 Å². The fourth-order valence-electron chi connectivity index (χ4n) is 3.31. The summed E-state index contributed by atoms with van der Waals surface area (Å²) in [5.74, 6) is -1.06. The number of fused-ring (bicyclic) bond motifs is 3. The van der Waals surface area contributed by atoms with Crippen LogP contribution in [0.25, 0.3) is 0 Å². The Hall–Kier alpha value is -0.800. The Morgan fingerprint density at radius 2 is 1.95 bits per heavy atom. The number of allylic oxidation sites excluding steroid dienone is 2. The van der Waals surface area contributed by atoms with Gasteiger partial charge in [-0.05, 0) is 25.3 Å². The van der Waals surface area contributed by atoms with E-state index in [1.807, 2.05) is 0 Å². The van der Waals surface area contributed by atoms with Crippen molar-refractivity contribution < 1.29 is 35.2 Å². The normalized spacial score (nSPS) is 32.0. The number of hydrogen-bond acceptors (Lipinski definition) is 5. The van der Waals surface area contributed by atoms with Crippen LogP contribution in [0.4, 0.5) is 13.2 Å². The Bertz CT molecular complexity index is 548. The summed E-state index contributed by atoms with van der Waals surface area (Å²) in [4.78, 5) is 0. The lowest BCUT2D eigenvalue weighted by Crippen LogP contribution is -2.46. The van der Waals surface area contributed by atoms with Gasteiger partial charge >= 0.3 is 15.6 Å². The van der Waals surface area contributed by atoms with Gasteiger partial charge < -0.3 is 13.7 Å². The molecular formula is C12H15F3O5S. The van der Waals surface area contributed by atoms with Crippen LogP contribution in [0, 0.1) is 11.8 Å². The summed E-state index contributed by atoms with van der Waals surface area (Å²) < 4.78 is 74.9. The van der Waals surface area contributed by atoms with E-state index in [1.165, 1.54) is 6.08 Å². The number of hydrogen-bond donors (Lipinski definition) is 0. The molecule has 0 aromatic carbocycles. The molecular weight excluding hydrogens is 313 g/mol. The van der Waals surface area contributed by atoms with Crippen molar-refractivity contribution in [3.8, 4) is 0 Å². The minimum atomic E-state index is -5.59. The van der Waals surface area contributed by atoms with Crippen LogP contribution in [-0.4, -0.2) is 32.9 Å². The zero-order valence-electron chi connectivity index (χ0n) is 11.1. The molecule has 21 heavy (non-hydrogen) atoms. The highest BCUT2D eigenvalue weighted by atomic mass is 32.2. The molecule has 2 bridgehead atoms. The number of rotatable bonds is 2. The van der Waals surface area contributed by atoms with E-state index in [9.17, 15) is 21.6 Å². The predicted octanol–water partition coefficient (Wildman–Crippen LogP) is 2.30. The molecule has 120 valence electrons. The van der Waals surface area contributed by atoms with Gasteiger partial charge in [0.25, 0.3) is 0 Å². The van der Waals surface area contributed by atoms with Gasteiger partial charge in [-0.1, -0.05) is 0 Å². The van der Waals surface area contributed by atoms with Crippen LogP contribution in [0.2, 0.25) is 0 Å². The molecule has 9 heteroatoms. The van der Waals surface area contributed by atoms with E-state index < -0.39 is 21.4 Å². The highest BCUT2D eigenvalue weighted by Gasteiger charge is 2.53. The Morgan fingerprint density at radius 1 is 1.29 bits per heavy atom. The number of ether oxygens (including phenoxy) is 2. The van der Waals surface area contributed by atoms with Crippen molar-refractivity contribution in [3.63, 3.8) is 0 Å². The molecule has 5 nitrogen and oxygen atoms in total. The topological polar surface area (TPSA) is 61.8 Å². The van der Waals surface area contributed by atoms with Crippen LogP contribution in [0.1, 0.15) is 25.7 Å². The Morgan fingerprint density at radius 3 is 2.57 bits per heavy atom. The third-order valence-corrected chi connectivity index (χ3v) is 5.28.